The van der Waals surface area contributed by atoms with Crippen molar-refractivity contribution in [2.45, 2.75) is 53.5 Å². The molecule has 0 aliphatic rings. The molecular weight excluding hydrogens is 326 g/mol. The Morgan fingerprint density at radius 3 is 2.50 bits per heavy atom. The van der Waals surface area contributed by atoms with Gasteiger partial charge in [-0.2, -0.15) is 0 Å². The second kappa shape index (κ2) is 14.1. The minimum absolute atomic E-state index is 0.118. The fraction of sp³-hybridized carbons (Fsp3) is 0.524. The smallest absolute Gasteiger partial charge is 0.234 e. The van der Waals surface area contributed by atoms with E-state index in [9.17, 15) is 9.59 Å². The van der Waals surface area contributed by atoms with Crippen molar-refractivity contribution in [1.29, 1.82) is 0 Å². The Balaban J connectivity index is 0.00000146. The molecule has 0 saturated heterocycles. The zero-order valence-electron chi connectivity index (χ0n) is 17.1. The summed E-state index contributed by atoms with van der Waals surface area (Å²) in [6.07, 6.45) is 4.20. The molecule has 0 unspecified atom stereocenters. The molecule has 0 aliphatic carbocycles. The van der Waals surface area contributed by atoms with E-state index in [-0.39, 0.29) is 5.91 Å². The molecule has 0 bridgehead atoms. The van der Waals surface area contributed by atoms with Crippen molar-refractivity contribution in [1.82, 2.24) is 15.2 Å². The summed E-state index contributed by atoms with van der Waals surface area (Å²) in [6, 6.07) is 7.44. The minimum atomic E-state index is -0.498. The zero-order valence-corrected chi connectivity index (χ0v) is 17.1. The van der Waals surface area contributed by atoms with Gasteiger partial charge in [0.05, 0.1) is 12.6 Å². The number of aromatic nitrogens is 1. The molecule has 1 aromatic carbocycles. The van der Waals surface area contributed by atoms with Gasteiger partial charge in [0.15, 0.2) is 0 Å². The molecule has 0 fully saturated rings. The Morgan fingerprint density at radius 2 is 1.88 bits per heavy atom. The Kier molecular flexibility index (Phi) is 12.9. The number of fused-ring (bicyclic) bond motifs is 1. The van der Waals surface area contributed by atoms with Crippen LogP contribution in [0.15, 0.2) is 30.5 Å². The van der Waals surface area contributed by atoms with Gasteiger partial charge in [-0.1, -0.05) is 52.8 Å². The summed E-state index contributed by atoms with van der Waals surface area (Å²) in [6.45, 7) is 11.2. The lowest BCUT2D eigenvalue weighted by molar-refractivity contribution is -0.124. The summed E-state index contributed by atoms with van der Waals surface area (Å²) >= 11 is 0. The predicted octanol–water partition coefficient (Wildman–Crippen LogP) is 3.79. The molecule has 1 aromatic heterocycles. The molecule has 0 aliphatic heterocycles. The highest BCUT2D eigenvalue weighted by molar-refractivity contribution is 5.85. The first-order chi connectivity index (χ1) is 12.6. The molecule has 1 amide bonds. The molecule has 146 valence electrons. The first-order valence-electron chi connectivity index (χ1n) is 9.62. The second-order valence-electron chi connectivity index (χ2n) is 5.61. The lowest BCUT2D eigenvalue weighted by Gasteiger charge is -2.17. The normalized spacial score (nSPS) is 11.0. The molecule has 0 radical (unpaired) electrons. The van der Waals surface area contributed by atoms with Crippen LogP contribution in [-0.4, -0.2) is 48.3 Å². The molecule has 26 heavy (non-hydrogen) atoms. The fourth-order valence-electron chi connectivity index (χ4n) is 2.63. The largest absolute Gasteiger partial charge is 0.361 e. The molecular formula is C21H35N3O2. The molecule has 2 aromatic rings. The number of rotatable bonds is 8. The van der Waals surface area contributed by atoms with E-state index in [1.807, 2.05) is 70.1 Å². The maximum Gasteiger partial charge on any atom is 0.234 e. The summed E-state index contributed by atoms with van der Waals surface area (Å²) in [7, 11) is 1.90. The first-order valence-corrected chi connectivity index (χ1v) is 9.62. The number of amides is 1. The van der Waals surface area contributed by atoms with Gasteiger partial charge in [0.2, 0.25) is 5.91 Å². The molecule has 2 rings (SSSR count). The van der Waals surface area contributed by atoms with Crippen LogP contribution < -0.4 is 5.32 Å². The quantitative estimate of drug-likeness (QED) is 0.703. The van der Waals surface area contributed by atoms with Gasteiger partial charge in [0, 0.05) is 23.5 Å². The number of carbonyl (C=O) groups excluding carboxylic acids is 2. The summed E-state index contributed by atoms with van der Waals surface area (Å²) in [5.41, 5.74) is 2.08. The lowest BCUT2D eigenvalue weighted by atomic mass is 10.1. The van der Waals surface area contributed by atoms with Crippen molar-refractivity contribution in [2.24, 2.45) is 0 Å². The van der Waals surface area contributed by atoms with Crippen molar-refractivity contribution in [3.8, 4) is 0 Å². The van der Waals surface area contributed by atoms with Crippen molar-refractivity contribution in [3.05, 3.63) is 36.0 Å². The number of H-pyrrole nitrogens is 1. The zero-order chi connectivity index (χ0) is 19.9. The summed E-state index contributed by atoms with van der Waals surface area (Å²) < 4.78 is 0. The van der Waals surface area contributed by atoms with Crippen LogP contribution in [0.5, 0.6) is 0 Å². The first kappa shape index (κ1) is 23.9. The molecule has 1 atom stereocenters. The van der Waals surface area contributed by atoms with E-state index >= 15 is 0 Å². The van der Waals surface area contributed by atoms with Crippen molar-refractivity contribution >= 4 is 23.1 Å². The summed E-state index contributed by atoms with van der Waals surface area (Å²) in [5.74, 6) is -0.118. The number of benzene rings is 1. The number of nitrogens with one attached hydrogen (secondary N) is 2. The number of carbonyl (C=O) groups is 2. The van der Waals surface area contributed by atoms with Gasteiger partial charge in [-0.15, -0.1) is 0 Å². The molecule has 0 spiro atoms. The van der Waals surface area contributed by atoms with Crippen LogP contribution in [0.2, 0.25) is 0 Å². The van der Waals surface area contributed by atoms with Gasteiger partial charge in [0.1, 0.15) is 6.29 Å². The predicted molar refractivity (Wildman–Crippen MR) is 110 cm³/mol. The van der Waals surface area contributed by atoms with E-state index in [1.165, 1.54) is 0 Å². The summed E-state index contributed by atoms with van der Waals surface area (Å²) in [4.78, 5) is 28.4. The Bertz CT molecular complexity index is 637. The number of nitrogens with zero attached hydrogens (tertiary/aromatic N) is 1. The molecule has 1 heterocycles. The average Bonchev–Trinajstić information content (AvgIpc) is 3.07. The van der Waals surface area contributed by atoms with E-state index in [0.29, 0.717) is 13.0 Å². The van der Waals surface area contributed by atoms with Gasteiger partial charge in [0.25, 0.3) is 0 Å². The standard InChI is InChI=1S/C17H23N3O2.2C2H6/c1-3-8-20(2)11-17(22)19-14(12-21)9-13-10-18-16-7-5-4-6-15(13)16;2*1-2/h4-7,10,12,14,18H,3,8-9,11H2,1-2H3,(H,19,22);2*1-2H3/t14-;;/m0../s1. The molecule has 5 heteroatoms. The Labute approximate surface area is 158 Å². The van der Waals surface area contributed by atoms with Gasteiger partial charge in [-0.25, -0.2) is 0 Å². The van der Waals surface area contributed by atoms with Gasteiger partial charge in [-0.05, 0) is 31.6 Å². The van der Waals surface area contributed by atoms with Crippen LogP contribution in [0.3, 0.4) is 0 Å². The van der Waals surface area contributed by atoms with Gasteiger partial charge >= 0.3 is 0 Å². The highest BCUT2D eigenvalue weighted by atomic mass is 16.2. The van der Waals surface area contributed by atoms with Gasteiger partial charge < -0.3 is 15.1 Å². The van der Waals surface area contributed by atoms with Gasteiger partial charge in [-0.3, -0.25) is 9.69 Å². The van der Waals surface area contributed by atoms with E-state index in [2.05, 4.69) is 17.2 Å². The van der Waals surface area contributed by atoms with Crippen LogP contribution in [-0.2, 0) is 16.0 Å². The lowest BCUT2D eigenvalue weighted by Crippen LogP contribution is -2.43. The van der Waals surface area contributed by atoms with E-state index < -0.39 is 6.04 Å². The van der Waals surface area contributed by atoms with Crippen LogP contribution in [0, 0.1) is 0 Å². The number of para-hydroxylation sites is 1. The number of aromatic amines is 1. The average molecular weight is 362 g/mol. The van der Waals surface area contributed by atoms with E-state index in [0.717, 1.165) is 35.7 Å². The second-order valence-corrected chi connectivity index (χ2v) is 5.61. The minimum Gasteiger partial charge on any atom is -0.361 e. The third-order valence-corrected chi connectivity index (χ3v) is 3.64. The number of hydrogen-bond donors (Lipinski definition) is 2. The van der Waals surface area contributed by atoms with Crippen LogP contribution in [0.4, 0.5) is 0 Å². The van der Waals surface area contributed by atoms with Crippen LogP contribution >= 0.6 is 0 Å². The van der Waals surface area contributed by atoms with E-state index in [1.54, 1.807) is 0 Å². The number of aldehydes is 1. The number of hydrogen-bond acceptors (Lipinski definition) is 3. The van der Waals surface area contributed by atoms with E-state index in [4.69, 9.17) is 0 Å². The fourth-order valence-corrected chi connectivity index (χ4v) is 2.63. The van der Waals surface area contributed by atoms with Crippen molar-refractivity contribution in [3.63, 3.8) is 0 Å². The number of likely N-dealkylation sites (N-methyl/N-ethyl adjacent to an activating group) is 1. The third-order valence-electron chi connectivity index (χ3n) is 3.64. The van der Waals surface area contributed by atoms with Crippen molar-refractivity contribution < 1.29 is 9.59 Å². The SMILES string of the molecule is CC.CC.CCCN(C)CC(=O)N[C@H](C=O)Cc1c[nH]c2ccccc12. The molecule has 5 nitrogen and oxygen atoms in total. The molecule has 0 saturated carbocycles. The van der Waals surface area contributed by atoms with Crippen LogP contribution in [0.25, 0.3) is 10.9 Å². The van der Waals surface area contributed by atoms with Crippen LogP contribution in [0.1, 0.15) is 46.6 Å². The highest BCUT2D eigenvalue weighted by Gasteiger charge is 2.15. The van der Waals surface area contributed by atoms with Crippen molar-refractivity contribution in [2.75, 3.05) is 20.1 Å². The summed E-state index contributed by atoms with van der Waals surface area (Å²) in [5, 5.41) is 3.89. The third kappa shape index (κ3) is 7.83. The monoisotopic (exact) mass is 361 g/mol. The Hall–Kier alpha value is -2.14. The molecule has 2 N–H and O–H groups in total. The highest BCUT2D eigenvalue weighted by Crippen LogP contribution is 2.18. The Morgan fingerprint density at radius 1 is 1.23 bits per heavy atom. The topological polar surface area (TPSA) is 65.2 Å². The maximum absolute atomic E-state index is 12.0. The maximum atomic E-state index is 12.0.